The molecule has 8 nitrogen and oxygen atoms in total. The normalized spacial score (nSPS) is 12.1. The molecule has 2 aromatic rings. The van der Waals surface area contributed by atoms with E-state index in [-0.39, 0.29) is 10.5 Å². The van der Waals surface area contributed by atoms with E-state index in [1.54, 1.807) is 12.1 Å². The number of carbonyl (C=O) groups excluding carboxylic acids is 2. The summed E-state index contributed by atoms with van der Waals surface area (Å²) in [4.78, 5) is 24.3. The molecule has 2 aromatic carbocycles. The molecule has 0 aliphatic rings. The number of primary sulfonamides is 1. The number of sulfonamides is 1. The van der Waals surface area contributed by atoms with Gasteiger partial charge < -0.3 is 14.8 Å². The molecule has 0 saturated heterocycles. The SMILES string of the molecule is COc1cc(C(=O)O[C@@H](C)C(=O)Nc2ccc(S(N)(=O)=O)cc2)ccc1C. The first-order valence-corrected chi connectivity index (χ1v) is 9.46. The average molecular weight is 392 g/mol. The fourth-order valence-corrected chi connectivity index (χ4v) is 2.72. The lowest BCUT2D eigenvalue weighted by Gasteiger charge is -2.14. The summed E-state index contributed by atoms with van der Waals surface area (Å²) in [7, 11) is -2.32. The van der Waals surface area contributed by atoms with Crippen LogP contribution in [0.25, 0.3) is 0 Å². The Labute approximate surface area is 157 Å². The predicted molar refractivity (Wildman–Crippen MR) is 99.1 cm³/mol. The zero-order chi connectivity index (χ0) is 20.2. The van der Waals surface area contributed by atoms with Crippen molar-refractivity contribution in [1.29, 1.82) is 0 Å². The van der Waals surface area contributed by atoms with Gasteiger partial charge in [-0.05, 0) is 55.8 Å². The van der Waals surface area contributed by atoms with Crippen molar-refractivity contribution in [3.8, 4) is 5.75 Å². The number of methoxy groups -OCH3 is 1. The summed E-state index contributed by atoms with van der Waals surface area (Å²) in [5.74, 6) is -0.692. The van der Waals surface area contributed by atoms with E-state index in [4.69, 9.17) is 14.6 Å². The van der Waals surface area contributed by atoms with E-state index in [9.17, 15) is 18.0 Å². The van der Waals surface area contributed by atoms with Crippen LogP contribution in [0.15, 0.2) is 47.4 Å². The largest absolute Gasteiger partial charge is 0.496 e. The summed E-state index contributed by atoms with van der Waals surface area (Å²) in [6.07, 6.45) is -1.07. The predicted octanol–water partition coefficient (Wildman–Crippen LogP) is 1.84. The molecule has 0 saturated carbocycles. The van der Waals surface area contributed by atoms with Gasteiger partial charge in [-0.15, -0.1) is 0 Å². The van der Waals surface area contributed by atoms with Crippen molar-refractivity contribution in [3.63, 3.8) is 0 Å². The number of ether oxygens (including phenoxy) is 2. The summed E-state index contributed by atoms with van der Waals surface area (Å²) >= 11 is 0. The van der Waals surface area contributed by atoms with Gasteiger partial charge in [0.25, 0.3) is 5.91 Å². The third-order valence-electron chi connectivity index (χ3n) is 3.75. The monoisotopic (exact) mass is 392 g/mol. The van der Waals surface area contributed by atoms with E-state index in [2.05, 4.69) is 5.32 Å². The summed E-state index contributed by atoms with van der Waals surface area (Å²) < 4.78 is 32.8. The standard InChI is InChI=1S/C18H20N2O6S/c1-11-4-5-13(10-16(11)25-3)18(22)26-12(2)17(21)20-14-6-8-15(9-7-14)27(19,23)24/h4-10,12H,1-3H3,(H,20,21)(H2,19,23,24)/t12-/m0/s1. The van der Waals surface area contributed by atoms with E-state index in [0.29, 0.717) is 11.4 Å². The molecule has 1 amide bonds. The van der Waals surface area contributed by atoms with E-state index in [1.807, 2.05) is 6.92 Å². The Bertz CT molecular complexity index is 954. The number of esters is 1. The minimum atomic E-state index is -3.81. The summed E-state index contributed by atoms with van der Waals surface area (Å²) in [5, 5.41) is 7.55. The van der Waals surface area contributed by atoms with E-state index in [0.717, 1.165) is 5.56 Å². The van der Waals surface area contributed by atoms with Crippen LogP contribution in [0.3, 0.4) is 0 Å². The van der Waals surface area contributed by atoms with E-state index >= 15 is 0 Å². The minimum Gasteiger partial charge on any atom is -0.496 e. The second-order valence-corrected chi connectivity index (χ2v) is 7.35. The quantitative estimate of drug-likeness (QED) is 0.723. The van der Waals surface area contributed by atoms with Crippen LogP contribution < -0.4 is 15.2 Å². The molecule has 0 bridgehead atoms. The Morgan fingerprint density at radius 2 is 1.74 bits per heavy atom. The molecule has 0 aliphatic heterocycles. The number of benzene rings is 2. The number of nitrogens with two attached hydrogens (primary N) is 1. The van der Waals surface area contributed by atoms with Crippen molar-refractivity contribution in [2.24, 2.45) is 5.14 Å². The van der Waals surface area contributed by atoms with Crippen LogP contribution in [0.4, 0.5) is 5.69 Å². The number of rotatable bonds is 6. The number of aryl methyl sites for hydroxylation is 1. The Hall–Kier alpha value is -2.91. The Morgan fingerprint density at radius 1 is 1.11 bits per heavy atom. The number of anilines is 1. The Morgan fingerprint density at radius 3 is 2.30 bits per heavy atom. The maximum absolute atomic E-state index is 12.2. The van der Waals surface area contributed by atoms with Crippen LogP contribution in [0.2, 0.25) is 0 Å². The van der Waals surface area contributed by atoms with Crippen molar-refractivity contribution in [3.05, 3.63) is 53.6 Å². The molecule has 0 fully saturated rings. The van der Waals surface area contributed by atoms with Crippen LogP contribution in [0.5, 0.6) is 5.75 Å². The number of carbonyl (C=O) groups is 2. The van der Waals surface area contributed by atoms with Gasteiger partial charge >= 0.3 is 5.97 Å². The summed E-state index contributed by atoms with van der Waals surface area (Å²) in [6.45, 7) is 3.27. The molecule has 144 valence electrons. The number of hydrogen-bond acceptors (Lipinski definition) is 6. The second kappa shape index (κ2) is 8.19. The molecule has 0 aliphatic carbocycles. The van der Waals surface area contributed by atoms with Crippen molar-refractivity contribution in [2.75, 3.05) is 12.4 Å². The molecule has 0 radical (unpaired) electrons. The third kappa shape index (κ3) is 5.28. The van der Waals surface area contributed by atoms with Gasteiger partial charge in [-0.1, -0.05) is 6.07 Å². The number of hydrogen-bond donors (Lipinski definition) is 2. The van der Waals surface area contributed by atoms with Gasteiger partial charge in [-0.2, -0.15) is 0 Å². The van der Waals surface area contributed by atoms with Gasteiger partial charge in [0.05, 0.1) is 17.6 Å². The zero-order valence-corrected chi connectivity index (χ0v) is 15.9. The minimum absolute atomic E-state index is 0.0757. The number of amides is 1. The molecule has 3 N–H and O–H groups in total. The van der Waals surface area contributed by atoms with Gasteiger partial charge in [0.15, 0.2) is 6.10 Å². The molecular weight excluding hydrogens is 372 g/mol. The van der Waals surface area contributed by atoms with Crippen LogP contribution in [0, 0.1) is 6.92 Å². The van der Waals surface area contributed by atoms with Gasteiger partial charge in [0.1, 0.15) is 5.75 Å². The van der Waals surface area contributed by atoms with Gasteiger partial charge in [-0.25, -0.2) is 18.4 Å². The molecule has 0 spiro atoms. The highest BCUT2D eigenvalue weighted by atomic mass is 32.2. The lowest BCUT2D eigenvalue weighted by Crippen LogP contribution is -2.30. The van der Waals surface area contributed by atoms with Crippen molar-refractivity contribution >= 4 is 27.6 Å². The molecule has 0 aromatic heterocycles. The van der Waals surface area contributed by atoms with Crippen molar-refractivity contribution in [1.82, 2.24) is 0 Å². The highest BCUT2D eigenvalue weighted by Gasteiger charge is 2.20. The van der Waals surface area contributed by atoms with Crippen molar-refractivity contribution < 1.29 is 27.5 Å². The first-order valence-electron chi connectivity index (χ1n) is 7.91. The Kier molecular flexibility index (Phi) is 6.19. The number of nitrogens with one attached hydrogen (secondary N) is 1. The maximum atomic E-state index is 12.2. The smallest absolute Gasteiger partial charge is 0.339 e. The van der Waals surface area contributed by atoms with Crippen molar-refractivity contribution in [2.45, 2.75) is 24.8 Å². The Balaban J connectivity index is 2.02. The lowest BCUT2D eigenvalue weighted by molar-refractivity contribution is -0.123. The lowest BCUT2D eigenvalue weighted by atomic mass is 10.1. The van der Waals surface area contributed by atoms with Gasteiger partial charge in [0.2, 0.25) is 10.0 Å². The fourth-order valence-electron chi connectivity index (χ4n) is 2.20. The van der Waals surface area contributed by atoms with Gasteiger partial charge in [0, 0.05) is 5.69 Å². The summed E-state index contributed by atoms with van der Waals surface area (Å²) in [6, 6.07) is 10.1. The maximum Gasteiger partial charge on any atom is 0.339 e. The molecule has 0 heterocycles. The zero-order valence-electron chi connectivity index (χ0n) is 15.1. The first-order chi connectivity index (χ1) is 12.6. The molecule has 9 heteroatoms. The highest BCUT2D eigenvalue weighted by Crippen LogP contribution is 2.20. The highest BCUT2D eigenvalue weighted by molar-refractivity contribution is 7.89. The van der Waals surface area contributed by atoms with Gasteiger partial charge in [-0.3, -0.25) is 4.79 Å². The molecular formula is C18H20N2O6S. The third-order valence-corrected chi connectivity index (χ3v) is 4.68. The van der Waals surface area contributed by atoms with Crippen LogP contribution in [-0.2, 0) is 19.6 Å². The van der Waals surface area contributed by atoms with Crippen LogP contribution >= 0.6 is 0 Å². The van der Waals surface area contributed by atoms with Crippen LogP contribution in [0.1, 0.15) is 22.8 Å². The average Bonchev–Trinajstić information content (AvgIpc) is 2.61. The topological polar surface area (TPSA) is 125 Å². The van der Waals surface area contributed by atoms with E-state index < -0.39 is 28.0 Å². The van der Waals surface area contributed by atoms with Crippen LogP contribution in [-0.4, -0.2) is 33.5 Å². The molecule has 27 heavy (non-hydrogen) atoms. The summed E-state index contributed by atoms with van der Waals surface area (Å²) in [5.41, 5.74) is 1.46. The first kappa shape index (κ1) is 20.4. The second-order valence-electron chi connectivity index (χ2n) is 5.79. The van der Waals surface area contributed by atoms with E-state index in [1.165, 1.54) is 44.4 Å². The molecule has 1 atom stereocenters. The fraction of sp³-hybridized carbons (Fsp3) is 0.222. The molecule has 2 rings (SSSR count). The molecule has 0 unspecified atom stereocenters.